The lowest BCUT2D eigenvalue weighted by atomic mass is 10.1. The van der Waals surface area contributed by atoms with E-state index in [2.05, 4.69) is 43.7 Å². The third kappa shape index (κ3) is 2.77. The number of benzene rings is 2. The molecule has 3 nitrogen and oxygen atoms in total. The molecule has 0 aliphatic heterocycles. The quantitative estimate of drug-likeness (QED) is 0.782. The highest BCUT2D eigenvalue weighted by Gasteiger charge is 2.18. The predicted octanol–water partition coefficient (Wildman–Crippen LogP) is 3.86. The summed E-state index contributed by atoms with van der Waals surface area (Å²) in [6.07, 6.45) is 3.81. The van der Waals surface area contributed by atoms with Gasteiger partial charge in [0, 0.05) is 29.0 Å². The molecule has 0 amide bonds. The van der Waals surface area contributed by atoms with E-state index in [-0.39, 0.29) is 6.04 Å². The molecule has 1 aromatic heterocycles. The first kappa shape index (κ1) is 14.0. The van der Waals surface area contributed by atoms with Gasteiger partial charge in [0.05, 0.1) is 6.04 Å². The molecule has 0 spiro atoms. The van der Waals surface area contributed by atoms with Crippen LogP contribution in [0.5, 0.6) is 0 Å². The maximum atomic E-state index is 6.04. The van der Waals surface area contributed by atoms with Crippen LogP contribution in [0.4, 0.5) is 0 Å². The van der Waals surface area contributed by atoms with E-state index in [4.69, 9.17) is 5.73 Å². The average Bonchev–Trinajstić information content (AvgIpc) is 3.00. The summed E-state index contributed by atoms with van der Waals surface area (Å²) in [6, 6.07) is 18.4. The Morgan fingerprint density at radius 3 is 2.48 bits per heavy atom. The van der Waals surface area contributed by atoms with Gasteiger partial charge in [-0.15, -0.1) is 0 Å². The molecule has 1 unspecified atom stereocenters. The summed E-state index contributed by atoms with van der Waals surface area (Å²) in [6.45, 7) is 0.513. The van der Waals surface area contributed by atoms with Crippen molar-refractivity contribution in [3.8, 4) is 11.4 Å². The van der Waals surface area contributed by atoms with E-state index in [0.717, 1.165) is 21.4 Å². The van der Waals surface area contributed by atoms with E-state index >= 15 is 0 Å². The third-order valence-corrected chi connectivity index (χ3v) is 4.25. The Kier molecular flexibility index (Phi) is 4.18. The standard InChI is InChI=1S/C17H16BrN3/c18-15-9-5-4-8-14(15)16(12-19)21-11-10-20-17(21)13-6-2-1-3-7-13/h1-11,16H,12,19H2. The van der Waals surface area contributed by atoms with Crippen molar-refractivity contribution in [2.45, 2.75) is 6.04 Å². The molecule has 4 heteroatoms. The molecule has 0 aliphatic rings. The van der Waals surface area contributed by atoms with E-state index in [1.54, 1.807) is 0 Å². The molecule has 0 aliphatic carbocycles. The highest BCUT2D eigenvalue weighted by Crippen LogP contribution is 2.29. The second kappa shape index (κ2) is 6.24. The summed E-state index contributed by atoms with van der Waals surface area (Å²) >= 11 is 3.61. The Hall–Kier alpha value is -1.91. The minimum atomic E-state index is 0.0540. The number of nitrogens with two attached hydrogens (primary N) is 1. The zero-order chi connectivity index (χ0) is 14.7. The maximum absolute atomic E-state index is 6.04. The van der Waals surface area contributed by atoms with Crippen LogP contribution in [0.15, 0.2) is 71.5 Å². The van der Waals surface area contributed by atoms with Crippen molar-refractivity contribution in [2.75, 3.05) is 6.54 Å². The van der Waals surface area contributed by atoms with Crippen LogP contribution in [0.1, 0.15) is 11.6 Å². The van der Waals surface area contributed by atoms with Crippen LogP contribution in [0.25, 0.3) is 11.4 Å². The van der Waals surface area contributed by atoms with Gasteiger partial charge in [-0.3, -0.25) is 0 Å². The topological polar surface area (TPSA) is 43.8 Å². The van der Waals surface area contributed by atoms with Crippen LogP contribution in [-0.2, 0) is 0 Å². The van der Waals surface area contributed by atoms with E-state index in [0.29, 0.717) is 6.54 Å². The Morgan fingerprint density at radius 2 is 1.76 bits per heavy atom. The van der Waals surface area contributed by atoms with Gasteiger partial charge in [0.15, 0.2) is 0 Å². The first-order chi connectivity index (χ1) is 10.3. The summed E-state index contributed by atoms with van der Waals surface area (Å²) in [5.41, 5.74) is 8.30. The minimum absolute atomic E-state index is 0.0540. The molecule has 21 heavy (non-hydrogen) atoms. The van der Waals surface area contributed by atoms with Crippen LogP contribution < -0.4 is 5.73 Å². The highest BCUT2D eigenvalue weighted by molar-refractivity contribution is 9.10. The average molecular weight is 342 g/mol. The smallest absolute Gasteiger partial charge is 0.140 e. The molecule has 0 saturated carbocycles. The number of hydrogen-bond donors (Lipinski definition) is 1. The fourth-order valence-corrected chi connectivity index (χ4v) is 3.06. The van der Waals surface area contributed by atoms with E-state index in [1.165, 1.54) is 0 Å². The first-order valence-corrected chi connectivity index (χ1v) is 7.63. The monoisotopic (exact) mass is 341 g/mol. The van der Waals surface area contributed by atoms with E-state index < -0.39 is 0 Å². The van der Waals surface area contributed by atoms with Gasteiger partial charge in [-0.2, -0.15) is 0 Å². The molecule has 2 N–H and O–H groups in total. The van der Waals surface area contributed by atoms with Crippen LogP contribution in [0, 0.1) is 0 Å². The van der Waals surface area contributed by atoms with Gasteiger partial charge >= 0.3 is 0 Å². The summed E-state index contributed by atoms with van der Waals surface area (Å²) < 4.78 is 3.20. The minimum Gasteiger partial charge on any atom is -0.328 e. The number of nitrogens with zero attached hydrogens (tertiary/aromatic N) is 2. The molecule has 0 bridgehead atoms. The molecule has 106 valence electrons. The van der Waals surface area contributed by atoms with Gasteiger partial charge in [-0.25, -0.2) is 4.98 Å². The molecule has 0 fully saturated rings. The zero-order valence-electron chi connectivity index (χ0n) is 11.5. The maximum Gasteiger partial charge on any atom is 0.140 e. The van der Waals surface area contributed by atoms with Gasteiger partial charge in [0.25, 0.3) is 0 Å². The van der Waals surface area contributed by atoms with E-state index in [9.17, 15) is 0 Å². The molecular weight excluding hydrogens is 326 g/mol. The molecule has 3 aromatic rings. The van der Waals surface area contributed by atoms with Crippen molar-refractivity contribution in [3.63, 3.8) is 0 Å². The molecule has 3 rings (SSSR count). The predicted molar refractivity (Wildman–Crippen MR) is 89.0 cm³/mol. The fourth-order valence-electron chi connectivity index (χ4n) is 2.51. The normalized spacial score (nSPS) is 12.3. The van der Waals surface area contributed by atoms with Crippen LogP contribution in [0.3, 0.4) is 0 Å². The van der Waals surface area contributed by atoms with Crippen molar-refractivity contribution < 1.29 is 0 Å². The van der Waals surface area contributed by atoms with Gasteiger partial charge in [0.2, 0.25) is 0 Å². The summed E-state index contributed by atoms with van der Waals surface area (Å²) in [7, 11) is 0. The van der Waals surface area contributed by atoms with Crippen LogP contribution in [0.2, 0.25) is 0 Å². The third-order valence-electron chi connectivity index (χ3n) is 3.52. The lowest BCUT2D eigenvalue weighted by Crippen LogP contribution is -2.21. The second-order valence-corrected chi connectivity index (χ2v) is 5.65. The Bertz CT molecular complexity index is 722. The molecule has 1 atom stereocenters. The van der Waals surface area contributed by atoms with Crippen molar-refractivity contribution in [1.82, 2.24) is 9.55 Å². The van der Waals surface area contributed by atoms with Crippen LogP contribution in [-0.4, -0.2) is 16.1 Å². The SMILES string of the molecule is NCC(c1ccccc1Br)n1ccnc1-c1ccccc1. The van der Waals surface area contributed by atoms with Gasteiger partial charge in [-0.1, -0.05) is 64.5 Å². The number of imidazole rings is 1. The first-order valence-electron chi connectivity index (χ1n) is 6.84. The van der Waals surface area contributed by atoms with Crippen molar-refractivity contribution >= 4 is 15.9 Å². The fraction of sp³-hybridized carbons (Fsp3) is 0.118. The van der Waals surface area contributed by atoms with Gasteiger partial charge in [0.1, 0.15) is 5.82 Å². The Balaban J connectivity index is 2.08. The van der Waals surface area contributed by atoms with Gasteiger partial charge in [-0.05, 0) is 11.6 Å². The zero-order valence-corrected chi connectivity index (χ0v) is 13.1. The number of aromatic nitrogens is 2. The number of hydrogen-bond acceptors (Lipinski definition) is 2. The molecule has 2 aromatic carbocycles. The molecular formula is C17H16BrN3. The lowest BCUT2D eigenvalue weighted by molar-refractivity contribution is 0.598. The highest BCUT2D eigenvalue weighted by atomic mass is 79.9. The number of halogens is 1. The van der Waals surface area contributed by atoms with Crippen LogP contribution >= 0.6 is 15.9 Å². The Labute approximate surface area is 132 Å². The second-order valence-electron chi connectivity index (χ2n) is 4.80. The molecule has 0 saturated heterocycles. The number of rotatable bonds is 4. The largest absolute Gasteiger partial charge is 0.328 e. The lowest BCUT2D eigenvalue weighted by Gasteiger charge is -2.21. The summed E-state index contributed by atoms with van der Waals surface area (Å²) in [5, 5.41) is 0. The van der Waals surface area contributed by atoms with Gasteiger partial charge < -0.3 is 10.3 Å². The Morgan fingerprint density at radius 1 is 1.05 bits per heavy atom. The summed E-state index contributed by atoms with van der Waals surface area (Å²) in [4.78, 5) is 4.50. The van der Waals surface area contributed by atoms with E-state index in [1.807, 2.05) is 48.8 Å². The molecule has 1 heterocycles. The van der Waals surface area contributed by atoms with Crippen molar-refractivity contribution in [3.05, 3.63) is 77.0 Å². The molecule has 0 radical (unpaired) electrons. The van der Waals surface area contributed by atoms with Crippen molar-refractivity contribution in [1.29, 1.82) is 0 Å². The van der Waals surface area contributed by atoms with Crippen molar-refractivity contribution in [2.24, 2.45) is 5.73 Å². The summed E-state index contributed by atoms with van der Waals surface area (Å²) in [5.74, 6) is 0.932.